The lowest BCUT2D eigenvalue weighted by molar-refractivity contribution is 0.168. The van der Waals surface area contributed by atoms with Crippen LogP contribution in [0.2, 0.25) is 0 Å². The molecule has 3 rings (SSSR count). The van der Waals surface area contributed by atoms with E-state index in [1.54, 1.807) is 12.3 Å². The molecular formula is C19H27N5O. The molecule has 2 heterocycles. The van der Waals surface area contributed by atoms with Crippen molar-refractivity contribution in [3.8, 4) is 6.07 Å². The van der Waals surface area contributed by atoms with Crippen molar-refractivity contribution in [3.63, 3.8) is 0 Å². The van der Waals surface area contributed by atoms with Crippen LogP contribution in [0, 0.1) is 11.3 Å². The van der Waals surface area contributed by atoms with Crippen LogP contribution in [0.3, 0.4) is 0 Å². The number of piperidine rings is 1. The monoisotopic (exact) mass is 341 g/mol. The Morgan fingerprint density at radius 2 is 1.96 bits per heavy atom. The number of hydrogen-bond donors (Lipinski definition) is 1. The van der Waals surface area contributed by atoms with Crippen molar-refractivity contribution < 1.29 is 4.79 Å². The minimum atomic E-state index is 0.0712. The van der Waals surface area contributed by atoms with Crippen molar-refractivity contribution in [2.45, 2.75) is 57.0 Å². The van der Waals surface area contributed by atoms with Crippen molar-refractivity contribution in [2.24, 2.45) is 0 Å². The smallest absolute Gasteiger partial charge is 0.317 e. The first-order valence-electron chi connectivity index (χ1n) is 9.32. The lowest BCUT2D eigenvalue weighted by Gasteiger charge is -2.36. The number of anilines is 1. The molecule has 0 atom stereocenters. The van der Waals surface area contributed by atoms with Gasteiger partial charge >= 0.3 is 6.03 Å². The second kappa shape index (κ2) is 8.19. The van der Waals surface area contributed by atoms with Crippen LogP contribution in [0.4, 0.5) is 10.6 Å². The van der Waals surface area contributed by atoms with Gasteiger partial charge in [0.25, 0.3) is 0 Å². The van der Waals surface area contributed by atoms with Crippen LogP contribution in [0.5, 0.6) is 0 Å². The minimum Gasteiger partial charge on any atom is -0.356 e. The first-order chi connectivity index (χ1) is 12.2. The Bertz CT molecular complexity index is 610. The van der Waals surface area contributed by atoms with Gasteiger partial charge < -0.3 is 15.1 Å². The van der Waals surface area contributed by atoms with Crippen molar-refractivity contribution in [1.29, 1.82) is 5.26 Å². The lowest BCUT2D eigenvalue weighted by atomic mass is 9.95. The number of urea groups is 1. The Morgan fingerprint density at radius 1 is 1.24 bits per heavy atom. The quantitative estimate of drug-likeness (QED) is 0.917. The van der Waals surface area contributed by atoms with Gasteiger partial charge in [-0.3, -0.25) is 0 Å². The molecule has 1 aromatic rings. The average Bonchev–Trinajstić information content (AvgIpc) is 2.68. The number of pyridine rings is 1. The van der Waals surface area contributed by atoms with Crippen LogP contribution >= 0.6 is 0 Å². The highest BCUT2D eigenvalue weighted by atomic mass is 16.2. The van der Waals surface area contributed by atoms with Crippen molar-refractivity contribution in [1.82, 2.24) is 15.2 Å². The Morgan fingerprint density at radius 3 is 2.56 bits per heavy atom. The van der Waals surface area contributed by atoms with Crippen LogP contribution in [-0.2, 0) is 0 Å². The topological polar surface area (TPSA) is 72.3 Å². The summed E-state index contributed by atoms with van der Waals surface area (Å²) in [5, 5.41) is 12.1. The Labute approximate surface area is 149 Å². The largest absolute Gasteiger partial charge is 0.356 e. The highest BCUT2D eigenvalue weighted by Crippen LogP contribution is 2.22. The number of hydrogen-bond acceptors (Lipinski definition) is 4. The number of amides is 2. The van der Waals surface area contributed by atoms with E-state index in [2.05, 4.69) is 21.3 Å². The van der Waals surface area contributed by atoms with E-state index < -0.39 is 0 Å². The summed E-state index contributed by atoms with van der Waals surface area (Å²) < 4.78 is 0. The van der Waals surface area contributed by atoms with E-state index >= 15 is 0 Å². The summed E-state index contributed by atoms with van der Waals surface area (Å²) >= 11 is 0. The second-order valence-corrected chi connectivity index (χ2v) is 7.13. The molecule has 1 aliphatic heterocycles. The van der Waals surface area contributed by atoms with Crippen molar-refractivity contribution >= 4 is 11.8 Å². The number of carbonyl (C=O) groups excluding carboxylic acids is 1. The summed E-state index contributed by atoms with van der Waals surface area (Å²) in [6.45, 7) is 1.74. The van der Waals surface area contributed by atoms with Crippen molar-refractivity contribution in [2.75, 3.05) is 25.0 Å². The Hall–Kier alpha value is -2.29. The summed E-state index contributed by atoms with van der Waals surface area (Å²) in [4.78, 5) is 21.0. The molecule has 0 spiro atoms. The third-order valence-electron chi connectivity index (χ3n) is 5.47. The molecule has 1 saturated heterocycles. The Kier molecular flexibility index (Phi) is 5.75. The third kappa shape index (κ3) is 4.41. The molecule has 2 amide bonds. The van der Waals surface area contributed by atoms with E-state index in [0.717, 1.165) is 44.6 Å². The molecule has 25 heavy (non-hydrogen) atoms. The lowest BCUT2D eigenvalue weighted by Crippen LogP contribution is -2.51. The fourth-order valence-corrected chi connectivity index (χ4v) is 3.80. The van der Waals surface area contributed by atoms with E-state index in [-0.39, 0.29) is 12.1 Å². The number of aromatic nitrogens is 1. The Balaban J connectivity index is 1.46. The first-order valence-corrected chi connectivity index (χ1v) is 9.32. The van der Waals surface area contributed by atoms with Crippen LogP contribution < -0.4 is 10.2 Å². The van der Waals surface area contributed by atoms with Gasteiger partial charge in [0.1, 0.15) is 11.9 Å². The molecule has 0 unspecified atom stereocenters. The number of carbonyl (C=O) groups is 1. The van der Waals surface area contributed by atoms with Gasteiger partial charge in [0, 0.05) is 38.4 Å². The summed E-state index contributed by atoms with van der Waals surface area (Å²) in [6.07, 6.45) is 9.49. The maximum Gasteiger partial charge on any atom is 0.317 e. The molecule has 0 radical (unpaired) electrons. The molecule has 2 fully saturated rings. The van der Waals surface area contributed by atoms with Gasteiger partial charge in [0.15, 0.2) is 0 Å². The van der Waals surface area contributed by atoms with Gasteiger partial charge in [-0.2, -0.15) is 5.26 Å². The SMILES string of the molecule is CN(C(=O)NC1CCN(c2ccc(C#N)cn2)CC1)C1CCCCC1. The number of rotatable bonds is 3. The van der Waals surface area contributed by atoms with E-state index in [4.69, 9.17) is 5.26 Å². The van der Waals surface area contributed by atoms with Crippen molar-refractivity contribution in [3.05, 3.63) is 23.9 Å². The summed E-state index contributed by atoms with van der Waals surface area (Å²) in [5.41, 5.74) is 0.580. The summed E-state index contributed by atoms with van der Waals surface area (Å²) in [6, 6.07) is 6.49. The molecule has 1 aromatic heterocycles. The number of nitriles is 1. The zero-order chi connectivity index (χ0) is 17.6. The molecule has 6 heteroatoms. The first kappa shape index (κ1) is 17.5. The second-order valence-electron chi connectivity index (χ2n) is 7.13. The highest BCUT2D eigenvalue weighted by Gasteiger charge is 2.26. The maximum atomic E-state index is 12.5. The van der Waals surface area contributed by atoms with Crippen LogP contribution in [0.25, 0.3) is 0 Å². The average molecular weight is 341 g/mol. The zero-order valence-electron chi connectivity index (χ0n) is 14.9. The van der Waals surface area contributed by atoms with Gasteiger partial charge in [-0.05, 0) is 37.8 Å². The van der Waals surface area contributed by atoms with Gasteiger partial charge in [0.2, 0.25) is 0 Å². The normalized spacial score (nSPS) is 19.3. The highest BCUT2D eigenvalue weighted by molar-refractivity contribution is 5.74. The van der Waals surface area contributed by atoms with Gasteiger partial charge in [0.05, 0.1) is 5.56 Å². The van der Waals surface area contributed by atoms with Crippen LogP contribution in [0.15, 0.2) is 18.3 Å². The summed E-state index contributed by atoms with van der Waals surface area (Å²) in [7, 11) is 1.93. The molecule has 1 aliphatic carbocycles. The van der Waals surface area contributed by atoms with Gasteiger partial charge in [-0.1, -0.05) is 19.3 Å². The molecule has 0 aromatic carbocycles. The predicted octanol–water partition coefficient (Wildman–Crippen LogP) is 2.90. The van der Waals surface area contributed by atoms with E-state index in [1.165, 1.54) is 19.3 Å². The zero-order valence-corrected chi connectivity index (χ0v) is 14.9. The van der Waals surface area contributed by atoms with Gasteiger partial charge in [-0.15, -0.1) is 0 Å². The molecule has 6 nitrogen and oxygen atoms in total. The minimum absolute atomic E-state index is 0.0712. The summed E-state index contributed by atoms with van der Waals surface area (Å²) in [5.74, 6) is 0.906. The van der Waals surface area contributed by atoms with E-state index in [9.17, 15) is 4.79 Å². The molecule has 134 valence electrons. The number of nitrogens with zero attached hydrogens (tertiary/aromatic N) is 4. The van der Waals surface area contributed by atoms with E-state index in [0.29, 0.717) is 11.6 Å². The molecule has 2 aliphatic rings. The van der Waals surface area contributed by atoms with Gasteiger partial charge in [-0.25, -0.2) is 9.78 Å². The molecular weight excluding hydrogens is 314 g/mol. The molecule has 0 bridgehead atoms. The fourth-order valence-electron chi connectivity index (χ4n) is 3.80. The maximum absolute atomic E-state index is 12.5. The fraction of sp³-hybridized carbons (Fsp3) is 0.632. The third-order valence-corrected chi connectivity index (χ3v) is 5.47. The van der Waals surface area contributed by atoms with Crippen LogP contribution in [0.1, 0.15) is 50.5 Å². The molecule has 1 saturated carbocycles. The predicted molar refractivity (Wildman–Crippen MR) is 97.4 cm³/mol. The number of nitrogens with one attached hydrogen (secondary N) is 1. The van der Waals surface area contributed by atoms with E-state index in [1.807, 2.05) is 18.0 Å². The van der Waals surface area contributed by atoms with Crippen LogP contribution in [-0.4, -0.2) is 48.1 Å². The standard InChI is InChI=1S/C19H27N5O/c1-23(17-5-3-2-4-6-17)19(25)22-16-9-11-24(12-10-16)18-8-7-15(13-20)14-21-18/h7-8,14,16-17H,2-6,9-12H2,1H3,(H,22,25). The molecule has 1 N–H and O–H groups in total.